The number of rotatable bonds is 5. The van der Waals surface area contributed by atoms with E-state index in [9.17, 15) is 0 Å². The van der Waals surface area contributed by atoms with E-state index in [-0.39, 0.29) is 0 Å². The van der Waals surface area contributed by atoms with E-state index in [2.05, 4.69) is 18.7 Å². The molecule has 0 saturated heterocycles. The molecule has 0 radical (unpaired) electrons. The Morgan fingerprint density at radius 1 is 1.33 bits per heavy atom. The first-order chi connectivity index (χ1) is 7.17. The van der Waals surface area contributed by atoms with Crippen LogP contribution in [0, 0.1) is 0 Å². The van der Waals surface area contributed by atoms with Crippen LogP contribution in [0.4, 0.5) is 0 Å². The molecule has 1 atom stereocenters. The van der Waals surface area contributed by atoms with Gasteiger partial charge in [-0.2, -0.15) is 0 Å². The second-order valence-corrected chi connectivity index (χ2v) is 4.70. The summed E-state index contributed by atoms with van der Waals surface area (Å²) >= 11 is 0. The average molecular weight is 214 g/mol. The first-order valence-corrected chi connectivity index (χ1v) is 6.19. The van der Waals surface area contributed by atoms with Crippen LogP contribution in [0.15, 0.2) is 0 Å². The lowest BCUT2D eigenvalue weighted by Crippen LogP contribution is -2.43. The minimum absolute atomic E-state index is 0.334. The lowest BCUT2D eigenvalue weighted by Gasteiger charge is -2.36. The number of nitrogens with two attached hydrogens (primary N) is 1. The van der Waals surface area contributed by atoms with Gasteiger partial charge in [-0.1, -0.05) is 6.92 Å². The fourth-order valence-electron chi connectivity index (χ4n) is 2.41. The Hall–Kier alpha value is -0.120. The maximum absolute atomic E-state index is 5.92. The molecule has 3 heteroatoms. The molecule has 1 rings (SSSR count). The summed E-state index contributed by atoms with van der Waals surface area (Å²) in [7, 11) is 1.79. The zero-order chi connectivity index (χ0) is 11.3. The van der Waals surface area contributed by atoms with E-state index in [1.807, 2.05) is 0 Å². The van der Waals surface area contributed by atoms with Crippen molar-refractivity contribution in [2.24, 2.45) is 5.73 Å². The number of nitrogens with zero attached hydrogens (tertiary/aromatic N) is 1. The Labute approximate surface area is 94.0 Å². The largest absolute Gasteiger partial charge is 0.380 e. The average Bonchev–Trinajstić information content (AvgIpc) is 2.27. The van der Waals surface area contributed by atoms with E-state index in [4.69, 9.17) is 10.5 Å². The number of methoxy groups -OCH3 is 1. The van der Waals surface area contributed by atoms with Gasteiger partial charge in [0.05, 0.1) is 6.10 Å². The van der Waals surface area contributed by atoms with Gasteiger partial charge >= 0.3 is 0 Å². The van der Waals surface area contributed by atoms with Crippen molar-refractivity contribution in [1.82, 2.24) is 4.90 Å². The third kappa shape index (κ3) is 4.09. The number of hydrogen-bond donors (Lipinski definition) is 1. The van der Waals surface area contributed by atoms with Gasteiger partial charge in [-0.15, -0.1) is 0 Å². The van der Waals surface area contributed by atoms with E-state index in [0.717, 1.165) is 19.1 Å². The summed E-state index contributed by atoms with van der Waals surface area (Å²) in [6, 6.07) is 1.17. The maximum atomic E-state index is 5.92. The van der Waals surface area contributed by atoms with Crippen LogP contribution in [0.1, 0.15) is 39.5 Å². The molecule has 1 aliphatic rings. The summed E-state index contributed by atoms with van der Waals surface area (Å²) in [5.41, 5.74) is 5.92. The van der Waals surface area contributed by atoms with E-state index in [1.165, 1.54) is 25.7 Å². The van der Waals surface area contributed by atoms with Gasteiger partial charge in [0.2, 0.25) is 0 Å². The van der Waals surface area contributed by atoms with Crippen molar-refractivity contribution in [3.05, 3.63) is 0 Å². The molecule has 0 spiro atoms. The monoisotopic (exact) mass is 214 g/mol. The second-order valence-electron chi connectivity index (χ2n) is 4.70. The number of likely N-dealkylation sites (N-methyl/N-ethyl adjacent to an activating group) is 1. The summed E-state index contributed by atoms with van der Waals surface area (Å²) in [5.74, 6) is 0. The standard InChI is InChI=1S/C12H26N2O/c1-4-14(9-10(2)15-3)12-7-5-11(13)6-8-12/h10-12H,4-9,13H2,1-3H3. The van der Waals surface area contributed by atoms with Crippen LogP contribution in [-0.4, -0.2) is 43.3 Å². The van der Waals surface area contributed by atoms with Gasteiger partial charge < -0.3 is 10.5 Å². The molecule has 0 amide bonds. The molecule has 1 unspecified atom stereocenters. The Balaban J connectivity index is 2.37. The van der Waals surface area contributed by atoms with Crippen LogP contribution < -0.4 is 5.73 Å². The van der Waals surface area contributed by atoms with Crippen molar-refractivity contribution >= 4 is 0 Å². The Kier molecular flexibility index (Phi) is 5.58. The zero-order valence-corrected chi connectivity index (χ0v) is 10.4. The summed E-state index contributed by atoms with van der Waals surface area (Å²) in [5, 5.41) is 0. The third-order valence-corrected chi connectivity index (χ3v) is 3.56. The highest BCUT2D eigenvalue weighted by molar-refractivity contribution is 4.81. The van der Waals surface area contributed by atoms with Crippen molar-refractivity contribution in [3.63, 3.8) is 0 Å². The van der Waals surface area contributed by atoms with Crippen molar-refractivity contribution < 1.29 is 4.74 Å². The van der Waals surface area contributed by atoms with Gasteiger partial charge in [-0.05, 0) is 39.2 Å². The van der Waals surface area contributed by atoms with Crippen LogP contribution >= 0.6 is 0 Å². The topological polar surface area (TPSA) is 38.5 Å². The quantitative estimate of drug-likeness (QED) is 0.755. The van der Waals surface area contributed by atoms with Gasteiger partial charge in [-0.3, -0.25) is 4.90 Å². The highest BCUT2D eigenvalue weighted by Gasteiger charge is 2.24. The van der Waals surface area contributed by atoms with Crippen LogP contribution in [-0.2, 0) is 4.74 Å². The summed E-state index contributed by atoms with van der Waals surface area (Å²) in [6.45, 7) is 6.54. The van der Waals surface area contributed by atoms with Crippen molar-refractivity contribution in [2.75, 3.05) is 20.2 Å². The normalized spacial score (nSPS) is 29.4. The maximum Gasteiger partial charge on any atom is 0.0670 e. The second kappa shape index (κ2) is 6.46. The smallest absolute Gasteiger partial charge is 0.0670 e. The molecular weight excluding hydrogens is 188 g/mol. The first-order valence-electron chi connectivity index (χ1n) is 6.19. The molecule has 2 N–H and O–H groups in total. The highest BCUT2D eigenvalue weighted by Crippen LogP contribution is 2.22. The molecule has 0 heterocycles. The molecule has 0 aromatic rings. The molecule has 0 bridgehead atoms. The number of ether oxygens (including phenoxy) is 1. The SMILES string of the molecule is CCN(CC(C)OC)C1CCC(N)CC1. The van der Waals surface area contributed by atoms with Gasteiger partial charge in [0.1, 0.15) is 0 Å². The molecule has 1 aliphatic carbocycles. The fourth-order valence-corrected chi connectivity index (χ4v) is 2.41. The van der Waals surface area contributed by atoms with Crippen LogP contribution in [0.5, 0.6) is 0 Å². The summed E-state index contributed by atoms with van der Waals surface area (Å²) in [4.78, 5) is 2.54. The molecule has 1 saturated carbocycles. The number of hydrogen-bond acceptors (Lipinski definition) is 3. The van der Waals surface area contributed by atoms with Crippen LogP contribution in [0.25, 0.3) is 0 Å². The van der Waals surface area contributed by atoms with Crippen molar-refractivity contribution in [1.29, 1.82) is 0 Å². The Morgan fingerprint density at radius 2 is 1.93 bits per heavy atom. The summed E-state index contributed by atoms with van der Waals surface area (Å²) in [6.07, 6.45) is 5.21. The molecule has 3 nitrogen and oxygen atoms in total. The van der Waals surface area contributed by atoms with Crippen LogP contribution in [0.3, 0.4) is 0 Å². The predicted molar refractivity (Wildman–Crippen MR) is 63.9 cm³/mol. The fraction of sp³-hybridized carbons (Fsp3) is 1.00. The first kappa shape index (κ1) is 12.9. The minimum atomic E-state index is 0.334. The zero-order valence-electron chi connectivity index (χ0n) is 10.4. The van der Waals surface area contributed by atoms with Gasteiger partial charge in [-0.25, -0.2) is 0 Å². The van der Waals surface area contributed by atoms with Gasteiger partial charge in [0.25, 0.3) is 0 Å². The summed E-state index contributed by atoms with van der Waals surface area (Å²) < 4.78 is 5.33. The van der Waals surface area contributed by atoms with Crippen LogP contribution in [0.2, 0.25) is 0 Å². The van der Waals surface area contributed by atoms with E-state index in [1.54, 1.807) is 7.11 Å². The minimum Gasteiger partial charge on any atom is -0.380 e. The van der Waals surface area contributed by atoms with Crippen molar-refractivity contribution in [2.45, 2.75) is 57.7 Å². The molecule has 1 fully saturated rings. The Morgan fingerprint density at radius 3 is 2.40 bits per heavy atom. The lowest BCUT2D eigenvalue weighted by atomic mass is 9.90. The molecule has 0 aliphatic heterocycles. The molecular formula is C12H26N2O. The molecule has 90 valence electrons. The Bertz CT molecular complexity index is 167. The van der Waals surface area contributed by atoms with E-state index >= 15 is 0 Å². The molecule has 0 aromatic carbocycles. The lowest BCUT2D eigenvalue weighted by molar-refractivity contribution is 0.0521. The van der Waals surface area contributed by atoms with E-state index < -0.39 is 0 Å². The third-order valence-electron chi connectivity index (χ3n) is 3.56. The predicted octanol–water partition coefficient (Wildman–Crippen LogP) is 1.61. The highest BCUT2D eigenvalue weighted by atomic mass is 16.5. The molecule has 0 aromatic heterocycles. The van der Waals surface area contributed by atoms with Crippen molar-refractivity contribution in [3.8, 4) is 0 Å². The molecule has 15 heavy (non-hydrogen) atoms. The van der Waals surface area contributed by atoms with Gasteiger partial charge in [0.15, 0.2) is 0 Å². The van der Waals surface area contributed by atoms with E-state index in [0.29, 0.717) is 12.1 Å². The van der Waals surface area contributed by atoms with Gasteiger partial charge in [0, 0.05) is 25.7 Å².